The zero-order valence-corrected chi connectivity index (χ0v) is 9.73. The van der Waals surface area contributed by atoms with E-state index in [1.807, 2.05) is 6.92 Å². The normalized spacial score (nSPS) is 15.9. The lowest BCUT2D eigenvalue weighted by Crippen LogP contribution is -2.49. The maximum absolute atomic E-state index is 12.2. The van der Waals surface area contributed by atoms with E-state index in [4.69, 9.17) is 5.11 Å². The van der Waals surface area contributed by atoms with E-state index >= 15 is 0 Å². The third-order valence-corrected chi connectivity index (χ3v) is 2.60. The Morgan fingerprint density at radius 3 is 2.06 bits per heavy atom. The number of halogens is 3. The van der Waals surface area contributed by atoms with Crippen molar-refractivity contribution >= 4 is 5.78 Å². The predicted molar refractivity (Wildman–Crippen MR) is 55.1 cm³/mol. The van der Waals surface area contributed by atoms with Gasteiger partial charge in [-0.25, -0.2) is 0 Å². The van der Waals surface area contributed by atoms with Crippen LogP contribution in [0.25, 0.3) is 0 Å². The molecular weight excluding hydrogens is 221 g/mol. The largest absolute Gasteiger partial charge is 0.424 e. The summed E-state index contributed by atoms with van der Waals surface area (Å²) in [5.41, 5.74) is -3.20. The molecule has 0 spiro atoms. The minimum absolute atomic E-state index is 0.212. The van der Waals surface area contributed by atoms with Gasteiger partial charge in [0.25, 0.3) is 0 Å². The lowest BCUT2D eigenvalue weighted by molar-refractivity contribution is -0.244. The second-order valence-corrected chi connectivity index (χ2v) is 4.16. The second-order valence-electron chi connectivity index (χ2n) is 4.16. The van der Waals surface area contributed by atoms with Crippen molar-refractivity contribution in [2.45, 2.75) is 64.1 Å². The van der Waals surface area contributed by atoms with Gasteiger partial charge < -0.3 is 5.11 Å². The van der Waals surface area contributed by atoms with Crippen molar-refractivity contribution in [1.29, 1.82) is 0 Å². The van der Waals surface area contributed by atoms with Gasteiger partial charge in [-0.1, -0.05) is 32.6 Å². The summed E-state index contributed by atoms with van der Waals surface area (Å²) >= 11 is 0. The van der Waals surface area contributed by atoms with E-state index in [1.165, 1.54) is 0 Å². The molecule has 0 aromatic heterocycles. The van der Waals surface area contributed by atoms with Crippen LogP contribution in [0.15, 0.2) is 0 Å². The van der Waals surface area contributed by atoms with E-state index in [0.717, 1.165) is 25.7 Å². The number of unbranched alkanes of at least 4 members (excludes halogenated alkanes) is 4. The lowest BCUT2D eigenvalue weighted by atomic mass is 9.95. The van der Waals surface area contributed by atoms with E-state index in [1.54, 1.807) is 0 Å². The van der Waals surface area contributed by atoms with Gasteiger partial charge in [0.1, 0.15) is 0 Å². The Morgan fingerprint density at radius 1 is 1.12 bits per heavy atom. The number of Topliss-reactive ketones (excluding diaryl/α,β-unsaturated/α-hetero) is 1. The molecular formula is C11H19F3O2. The number of alkyl halides is 3. The molecule has 0 aromatic rings. The molecule has 1 N–H and O–H groups in total. The van der Waals surface area contributed by atoms with Crippen LogP contribution in [0.1, 0.15) is 52.4 Å². The van der Waals surface area contributed by atoms with Crippen molar-refractivity contribution < 1.29 is 23.1 Å². The molecule has 0 saturated carbocycles. The summed E-state index contributed by atoms with van der Waals surface area (Å²) in [6.07, 6.45) is -0.988. The van der Waals surface area contributed by atoms with Crippen molar-refractivity contribution in [2.24, 2.45) is 0 Å². The fourth-order valence-electron chi connectivity index (χ4n) is 1.29. The Labute approximate surface area is 93.8 Å². The Hall–Kier alpha value is -0.580. The van der Waals surface area contributed by atoms with Gasteiger partial charge in [-0.3, -0.25) is 4.79 Å². The highest BCUT2D eigenvalue weighted by Crippen LogP contribution is 2.31. The van der Waals surface area contributed by atoms with Crippen LogP contribution in [0.2, 0.25) is 0 Å². The first-order chi connectivity index (χ1) is 7.23. The summed E-state index contributed by atoms with van der Waals surface area (Å²) in [4.78, 5) is 11.2. The molecule has 5 heteroatoms. The first-order valence-electron chi connectivity index (χ1n) is 5.56. The predicted octanol–water partition coefficient (Wildman–Crippen LogP) is 3.23. The summed E-state index contributed by atoms with van der Waals surface area (Å²) in [5.74, 6) is -1.14. The lowest BCUT2D eigenvalue weighted by Gasteiger charge is -2.24. The quantitative estimate of drug-likeness (QED) is 0.694. The third-order valence-electron chi connectivity index (χ3n) is 2.60. The average Bonchev–Trinajstić information content (AvgIpc) is 2.15. The maximum atomic E-state index is 12.2. The SMILES string of the molecule is CCCCCCCC(=O)C(C)(O)C(F)(F)F. The van der Waals surface area contributed by atoms with E-state index in [-0.39, 0.29) is 6.42 Å². The first kappa shape index (κ1) is 15.4. The van der Waals surface area contributed by atoms with Crippen LogP contribution >= 0.6 is 0 Å². The number of ketones is 1. The Balaban J connectivity index is 3.98. The number of hydrogen-bond acceptors (Lipinski definition) is 2. The van der Waals surface area contributed by atoms with Crippen LogP contribution in [0, 0.1) is 0 Å². The van der Waals surface area contributed by atoms with Gasteiger partial charge in [-0.2, -0.15) is 13.2 Å². The van der Waals surface area contributed by atoms with Crippen LogP contribution < -0.4 is 0 Å². The van der Waals surface area contributed by atoms with Crippen molar-refractivity contribution in [3.63, 3.8) is 0 Å². The molecule has 0 fully saturated rings. The molecule has 0 saturated heterocycles. The number of aliphatic hydroxyl groups is 1. The van der Waals surface area contributed by atoms with Gasteiger partial charge in [0.05, 0.1) is 0 Å². The highest BCUT2D eigenvalue weighted by molar-refractivity contribution is 5.87. The van der Waals surface area contributed by atoms with Crippen molar-refractivity contribution in [3.8, 4) is 0 Å². The molecule has 0 radical (unpaired) electrons. The van der Waals surface area contributed by atoms with Crippen LogP contribution in [0.4, 0.5) is 13.2 Å². The second kappa shape index (κ2) is 6.23. The van der Waals surface area contributed by atoms with Gasteiger partial charge in [0, 0.05) is 6.42 Å². The smallest absolute Gasteiger partial charge is 0.374 e. The molecule has 96 valence electrons. The Morgan fingerprint density at radius 2 is 1.62 bits per heavy atom. The number of carbonyl (C=O) groups excluding carboxylic acids is 1. The molecule has 0 bridgehead atoms. The van der Waals surface area contributed by atoms with Gasteiger partial charge in [-0.15, -0.1) is 0 Å². The average molecular weight is 240 g/mol. The highest BCUT2D eigenvalue weighted by atomic mass is 19.4. The third kappa shape index (κ3) is 4.51. The molecule has 0 aliphatic carbocycles. The summed E-state index contributed by atoms with van der Waals surface area (Å²) in [5, 5.41) is 9.05. The molecule has 1 unspecified atom stereocenters. The molecule has 0 aliphatic rings. The van der Waals surface area contributed by atoms with E-state index < -0.39 is 17.6 Å². The zero-order valence-electron chi connectivity index (χ0n) is 9.73. The van der Waals surface area contributed by atoms with Gasteiger partial charge >= 0.3 is 6.18 Å². The molecule has 2 nitrogen and oxygen atoms in total. The van der Waals surface area contributed by atoms with Gasteiger partial charge in [0.2, 0.25) is 5.60 Å². The first-order valence-corrected chi connectivity index (χ1v) is 5.56. The number of hydrogen-bond donors (Lipinski definition) is 1. The monoisotopic (exact) mass is 240 g/mol. The van der Waals surface area contributed by atoms with Crippen molar-refractivity contribution in [2.75, 3.05) is 0 Å². The molecule has 0 heterocycles. The minimum Gasteiger partial charge on any atom is -0.374 e. The minimum atomic E-state index is -4.88. The maximum Gasteiger partial charge on any atom is 0.424 e. The van der Waals surface area contributed by atoms with Crippen molar-refractivity contribution in [1.82, 2.24) is 0 Å². The Bertz CT molecular complexity index is 222. The van der Waals surface area contributed by atoms with Crippen LogP contribution in [-0.2, 0) is 4.79 Å². The molecule has 16 heavy (non-hydrogen) atoms. The molecule has 0 amide bonds. The van der Waals surface area contributed by atoms with Crippen LogP contribution in [0.3, 0.4) is 0 Å². The molecule has 0 rings (SSSR count). The van der Waals surface area contributed by atoms with E-state index in [0.29, 0.717) is 13.3 Å². The summed E-state index contributed by atoms with van der Waals surface area (Å²) in [7, 11) is 0. The summed E-state index contributed by atoms with van der Waals surface area (Å²) < 4.78 is 36.7. The standard InChI is InChI=1S/C11H19F3O2/c1-3-4-5-6-7-8-9(15)10(2,16)11(12,13)14/h16H,3-8H2,1-2H3. The zero-order chi connectivity index (χ0) is 12.8. The van der Waals surface area contributed by atoms with Crippen molar-refractivity contribution in [3.05, 3.63) is 0 Å². The summed E-state index contributed by atoms with van der Waals surface area (Å²) in [6, 6.07) is 0. The molecule has 0 aliphatic heterocycles. The van der Waals surface area contributed by atoms with E-state index in [9.17, 15) is 18.0 Å². The molecule has 1 atom stereocenters. The number of rotatable bonds is 7. The summed E-state index contributed by atoms with van der Waals surface area (Å²) in [6.45, 7) is 2.54. The van der Waals surface area contributed by atoms with E-state index in [2.05, 4.69) is 0 Å². The Kier molecular flexibility index (Phi) is 6.00. The van der Waals surface area contributed by atoms with Crippen LogP contribution in [0.5, 0.6) is 0 Å². The van der Waals surface area contributed by atoms with Gasteiger partial charge in [0.15, 0.2) is 5.78 Å². The fraction of sp³-hybridized carbons (Fsp3) is 0.909. The molecule has 0 aromatic carbocycles. The van der Waals surface area contributed by atoms with Gasteiger partial charge in [-0.05, 0) is 13.3 Å². The topological polar surface area (TPSA) is 37.3 Å². The van der Waals surface area contributed by atoms with Crippen LogP contribution in [-0.4, -0.2) is 22.7 Å². The fourth-order valence-corrected chi connectivity index (χ4v) is 1.29. The highest BCUT2D eigenvalue weighted by Gasteiger charge is 2.54. The number of carbonyl (C=O) groups is 1.